The third-order valence-electron chi connectivity index (χ3n) is 3.37. The number of benzene rings is 1. The smallest absolute Gasteiger partial charge is 0.137 e. The first-order valence-electron chi connectivity index (χ1n) is 6.38. The number of aryl methyl sites for hydroxylation is 1. The lowest BCUT2D eigenvalue weighted by molar-refractivity contribution is -0.904. The van der Waals surface area contributed by atoms with Crippen molar-refractivity contribution < 1.29 is 9.64 Å². The van der Waals surface area contributed by atoms with Crippen molar-refractivity contribution in [1.29, 1.82) is 0 Å². The van der Waals surface area contributed by atoms with E-state index in [2.05, 4.69) is 25.1 Å². The number of quaternary nitrogens is 1. The van der Waals surface area contributed by atoms with E-state index < -0.39 is 0 Å². The quantitative estimate of drug-likeness (QED) is 0.810. The summed E-state index contributed by atoms with van der Waals surface area (Å²) in [6.45, 7) is 6.76. The number of likely N-dealkylation sites (tertiary alicyclic amines) is 1. The van der Waals surface area contributed by atoms with Crippen LogP contribution in [0.5, 0.6) is 5.75 Å². The van der Waals surface area contributed by atoms with Crippen LogP contribution in [0.1, 0.15) is 24.8 Å². The Labute approximate surface area is 98.2 Å². The van der Waals surface area contributed by atoms with Crippen molar-refractivity contribution in [1.82, 2.24) is 0 Å². The molecule has 16 heavy (non-hydrogen) atoms. The summed E-state index contributed by atoms with van der Waals surface area (Å²) in [6, 6.07) is 8.25. The summed E-state index contributed by atoms with van der Waals surface area (Å²) in [4.78, 5) is 1.71. The summed E-state index contributed by atoms with van der Waals surface area (Å²) >= 11 is 0. The molecule has 2 rings (SSSR count). The first kappa shape index (κ1) is 11.5. The Morgan fingerprint density at radius 3 is 2.62 bits per heavy atom. The molecule has 0 radical (unpaired) electrons. The Bertz CT molecular complexity index is 318. The number of para-hydroxylation sites is 1. The van der Waals surface area contributed by atoms with E-state index in [9.17, 15) is 0 Å². The summed E-state index contributed by atoms with van der Waals surface area (Å²) < 4.78 is 5.82. The van der Waals surface area contributed by atoms with Gasteiger partial charge in [-0.05, 0) is 37.8 Å². The van der Waals surface area contributed by atoms with Crippen molar-refractivity contribution in [3.63, 3.8) is 0 Å². The number of nitrogens with one attached hydrogen (secondary N) is 1. The van der Waals surface area contributed by atoms with Gasteiger partial charge in [0.05, 0.1) is 13.1 Å². The third-order valence-corrected chi connectivity index (χ3v) is 3.37. The van der Waals surface area contributed by atoms with Crippen LogP contribution in [-0.2, 0) is 0 Å². The van der Waals surface area contributed by atoms with Gasteiger partial charge in [0.25, 0.3) is 0 Å². The van der Waals surface area contributed by atoms with Crippen molar-refractivity contribution >= 4 is 0 Å². The Morgan fingerprint density at radius 2 is 1.88 bits per heavy atom. The molecule has 0 aliphatic carbocycles. The van der Waals surface area contributed by atoms with Crippen molar-refractivity contribution in [2.45, 2.75) is 26.2 Å². The molecular formula is C14H22NO+. The molecule has 1 aromatic carbocycles. The molecule has 0 saturated carbocycles. The fourth-order valence-electron chi connectivity index (χ4n) is 2.33. The number of hydrogen-bond acceptors (Lipinski definition) is 1. The van der Waals surface area contributed by atoms with Crippen LogP contribution in [0.25, 0.3) is 0 Å². The predicted molar refractivity (Wildman–Crippen MR) is 66.1 cm³/mol. The van der Waals surface area contributed by atoms with Crippen LogP contribution in [0.4, 0.5) is 0 Å². The molecule has 0 unspecified atom stereocenters. The fourth-order valence-corrected chi connectivity index (χ4v) is 2.33. The topological polar surface area (TPSA) is 13.7 Å². The van der Waals surface area contributed by atoms with Crippen LogP contribution < -0.4 is 9.64 Å². The summed E-state index contributed by atoms with van der Waals surface area (Å²) in [5.74, 6) is 1.04. The molecule has 1 aromatic rings. The zero-order valence-corrected chi connectivity index (χ0v) is 10.2. The second-order valence-corrected chi connectivity index (χ2v) is 4.67. The highest BCUT2D eigenvalue weighted by atomic mass is 16.5. The summed E-state index contributed by atoms with van der Waals surface area (Å²) in [5.41, 5.74) is 1.23. The molecule has 0 bridgehead atoms. The minimum Gasteiger partial charge on any atom is -0.487 e. The Hall–Kier alpha value is -1.02. The van der Waals surface area contributed by atoms with Crippen molar-refractivity contribution in [3.8, 4) is 5.75 Å². The van der Waals surface area contributed by atoms with Gasteiger partial charge in [-0.25, -0.2) is 0 Å². The normalized spacial score (nSPS) is 17.3. The Kier molecular flexibility index (Phi) is 4.23. The standard InChI is InChI=1S/C14H21NO/c1-13-7-3-4-8-14(13)16-12-11-15-9-5-2-6-10-15/h3-4,7-8H,2,5-6,9-12H2,1H3/p+1. The van der Waals surface area contributed by atoms with Gasteiger partial charge in [-0.1, -0.05) is 18.2 Å². The van der Waals surface area contributed by atoms with E-state index in [1.54, 1.807) is 4.90 Å². The first-order chi connectivity index (χ1) is 7.86. The van der Waals surface area contributed by atoms with Crippen LogP contribution in [0, 0.1) is 6.92 Å². The number of hydrogen-bond donors (Lipinski definition) is 1. The SMILES string of the molecule is Cc1ccccc1OCC[NH+]1CCCCC1. The Balaban J connectivity index is 1.73. The first-order valence-corrected chi connectivity index (χ1v) is 6.38. The number of ether oxygens (including phenoxy) is 1. The van der Waals surface area contributed by atoms with E-state index >= 15 is 0 Å². The zero-order chi connectivity index (χ0) is 11.2. The lowest BCUT2D eigenvalue weighted by atomic mass is 10.1. The van der Waals surface area contributed by atoms with Gasteiger partial charge in [-0.3, -0.25) is 0 Å². The maximum atomic E-state index is 5.82. The van der Waals surface area contributed by atoms with E-state index in [1.165, 1.54) is 37.9 Å². The molecule has 1 saturated heterocycles. The molecule has 88 valence electrons. The number of rotatable bonds is 4. The minimum absolute atomic E-state index is 0.847. The van der Waals surface area contributed by atoms with Crippen molar-refractivity contribution in [2.24, 2.45) is 0 Å². The molecule has 2 heteroatoms. The largest absolute Gasteiger partial charge is 0.487 e. The fraction of sp³-hybridized carbons (Fsp3) is 0.571. The van der Waals surface area contributed by atoms with E-state index in [0.29, 0.717) is 0 Å². The minimum atomic E-state index is 0.847. The average Bonchev–Trinajstić information content (AvgIpc) is 2.33. The van der Waals surface area contributed by atoms with Gasteiger partial charge in [0, 0.05) is 0 Å². The van der Waals surface area contributed by atoms with Crippen LogP contribution in [-0.4, -0.2) is 26.2 Å². The van der Waals surface area contributed by atoms with Crippen molar-refractivity contribution in [3.05, 3.63) is 29.8 Å². The van der Waals surface area contributed by atoms with Gasteiger partial charge in [-0.2, -0.15) is 0 Å². The van der Waals surface area contributed by atoms with Gasteiger partial charge < -0.3 is 9.64 Å². The molecule has 1 N–H and O–H groups in total. The molecule has 1 aliphatic rings. The van der Waals surface area contributed by atoms with Gasteiger partial charge >= 0.3 is 0 Å². The molecule has 1 fully saturated rings. The third kappa shape index (κ3) is 3.24. The predicted octanol–water partition coefficient (Wildman–Crippen LogP) is 1.44. The maximum absolute atomic E-state index is 5.82. The summed E-state index contributed by atoms with van der Waals surface area (Å²) in [7, 11) is 0. The monoisotopic (exact) mass is 220 g/mol. The van der Waals surface area contributed by atoms with Gasteiger partial charge in [-0.15, -0.1) is 0 Å². The highest BCUT2D eigenvalue weighted by Crippen LogP contribution is 2.15. The van der Waals surface area contributed by atoms with Gasteiger partial charge in [0.2, 0.25) is 0 Å². The van der Waals surface area contributed by atoms with Crippen LogP contribution in [0.2, 0.25) is 0 Å². The second-order valence-electron chi connectivity index (χ2n) is 4.67. The number of piperidine rings is 1. The highest BCUT2D eigenvalue weighted by Gasteiger charge is 2.12. The van der Waals surface area contributed by atoms with E-state index in [1.807, 2.05) is 6.07 Å². The van der Waals surface area contributed by atoms with Crippen molar-refractivity contribution in [2.75, 3.05) is 26.2 Å². The van der Waals surface area contributed by atoms with E-state index in [0.717, 1.165) is 18.9 Å². The van der Waals surface area contributed by atoms with Gasteiger partial charge in [0.15, 0.2) is 0 Å². The Morgan fingerprint density at radius 1 is 1.12 bits per heavy atom. The van der Waals surface area contributed by atoms with Crippen LogP contribution >= 0.6 is 0 Å². The lowest BCUT2D eigenvalue weighted by Crippen LogP contribution is -3.13. The zero-order valence-electron chi connectivity index (χ0n) is 10.2. The van der Waals surface area contributed by atoms with Gasteiger partial charge in [0.1, 0.15) is 18.9 Å². The molecule has 1 aliphatic heterocycles. The maximum Gasteiger partial charge on any atom is 0.137 e. The lowest BCUT2D eigenvalue weighted by Gasteiger charge is -2.23. The average molecular weight is 220 g/mol. The molecular weight excluding hydrogens is 198 g/mol. The second kappa shape index (κ2) is 5.90. The molecule has 0 atom stereocenters. The molecule has 1 heterocycles. The molecule has 0 aromatic heterocycles. The van der Waals surface area contributed by atoms with E-state index in [4.69, 9.17) is 4.74 Å². The molecule has 0 amide bonds. The summed E-state index contributed by atoms with van der Waals surface area (Å²) in [6.07, 6.45) is 4.20. The van der Waals surface area contributed by atoms with Crippen LogP contribution in [0.3, 0.4) is 0 Å². The highest BCUT2D eigenvalue weighted by molar-refractivity contribution is 5.31. The molecule has 2 nitrogen and oxygen atoms in total. The summed E-state index contributed by atoms with van der Waals surface area (Å²) in [5, 5.41) is 0. The molecule has 0 spiro atoms. The van der Waals surface area contributed by atoms with E-state index in [-0.39, 0.29) is 0 Å². The van der Waals surface area contributed by atoms with Crippen LogP contribution in [0.15, 0.2) is 24.3 Å².